The third kappa shape index (κ3) is 2.71. The van der Waals surface area contributed by atoms with Crippen LogP contribution in [0.2, 0.25) is 0 Å². The summed E-state index contributed by atoms with van der Waals surface area (Å²) in [5.74, 6) is -0.592. The van der Waals surface area contributed by atoms with Gasteiger partial charge >= 0.3 is 5.97 Å². The molecule has 6 heteroatoms. The summed E-state index contributed by atoms with van der Waals surface area (Å²) in [6.45, 7) is 4.70. The smallest absolute Gasteiger partial charge is 0.356 e. The lowest BCUT2D eigenvalue weighted by molar-refractivity contribution is 0.0689. The Morgan fingerprint density at radius 2 is 2.35 bits per heavy atom. The number of nitrogens with zero attached hydrogens (tertiary/aromatic N) is 3. The molecule has 0 saturated heterocycles. The Balaban J connectivity index is 2.11. The molecule has 0 spiro atoms. The zero-order valence-electron chi connectivity index (χ0n) is 9.62. The third-order valence-corrected chi connectivity index (χ3v) is 3.44. The van der Waals surface area contributed by atoms with Crippen molar-refractivity contribution in [3.05, 3.63) is 34.0 Å². The van der Waals surface area contributed by atoms with Gasteiger partial charge in [0.1, 0.15) is 0 Å². The molecule has 5 nitrogen and oxygen atoms in total. The largest absolute Gasteiger partial charge is 0.476 e. The predicted molar refractivity (Wildman–Crippen MR) is 64.5 cm³/mol. The van der Waals surface area contributed by atoms with Crippen molar-refractivity contribution >= 4 is 17.3 Å². The van der Waals surface area contributed by atoms with Crippen LogP contribution < -0.4 is 0 Å². The molecule has 17 heavy (non-hydrogen) atoms. The number of hydrogen-bond donors (Lipinski definition) is 1. The molecule has 90 valence electrons. The van der Waals surface area contributed by atoms with Crippen LogP contribution >= 0.6 is 11.3 Å². The molecule has 2 rings (SSSR count). The predicted octanol–water partition coefficient (Wildman–Crippen LogP) is 2.21. The van der Waals surface area contributed by atoms with Gasteiger partial charge < -0.3 is 5.11 Å². The summed E-state index contributed by atoms with van der Waals surface area (Å²) in [6.07, 6.45) is 1.65. The number of carboxylic acids is 1. The highest BCUT2D eigenvalue weighted by Crippen LogP contribution is 2.19. The molecule has 0 bridgehead atoms. The van der Waals surface area contributed by atoms with Gasteiger partial charge in [0.15, 0.2) is 5.69 Å². The maximum atomic E-state index is 10.7. The SMILES string of the molecule is CC(C)c1nc(Cn2ccc(C(=O)O)n2)cs1. The number of aromatic nitrogens is 3. The van der Waals surface area contributed by atoms with E-state index in [4.69, 9.17) is 5.11 Å². The van der Waals surface area contributed by atoms with Gasteiger partial charge in [-0.3, -0.25) is 4.68 Å². The van der Waals surface area contributed by atoms with Crippen LogP contribution in [0.4, 0.5) is 0 Å². The molecule has 0 amide bonds. The van der Waals surface area contributed by atoms with Gasteiger partial charge in [-0.15, -0.1) is 11.3 Å². The number of carbonyl (C=O) groups is 1. The molecule has 2 aromatic rings. The fraction of sp³-hybridized carbons (Fsp3) is 0.364. The average Bonchev–Trinajstić information content (AvgIpc) is 2.87. The minimum Gasteiger partial charge on any atom is -0.476 e. The molecule has 1 N–H and O–H groups in total. The van der Waals surface area contributed by atoms with E-state index in [0.29, 0.717) is 12.5 Å². The molecule has 2 aromatic heterocycles. The second-order valence-electron chi connectivity index (χ2n) is 4.04. The fourth-order valence-electron chi connectivity index (χ4n) is 1.39. The number of thiazole rings is 1. The standard InChI is InChI=1S/C11H13N3O2S/c1-7(2)10-12-8(6-17-10)5-14-4-3-9(13-14)11(15)16/h3-4,6-7H,5H2,1-2H3,(H,15,16). The Morgan fingerprint density at radius 3 is 2.88 bits per heavy atom. The summed E-state index contributed by atoms with van der Waals surface area (Å²) < 4.78 is 1.59. The molecule has 0 unspecified atom stereocenters. The van der Waals surface area contributed by atoms with Crippen molar-refractivity contribution in [2.45, 2.75) is 26.3 Å². The van der Waals surface area contributed by atoms with E-state index in [-0.39, 0.29) is 5.69 Å². The van der Waals surface area contributed by atoms with E-state index in [1.165, 1.54) is 6.07 Å². The summed E-state index contributed by atoms with van der Waals surface area (Å²) in [5.41, 5.74) is 0.975. The molecule has 0 fully saturated rings. The number of rotatable bonds is 4. The second kappa shape index (κ2) is 4.67. The lowest BCUT2D eigenvalue weighted by Gasteiger charge is -1.98. The summed E-state index contributed by atoms with van der Waals surface area (Å²) in [4.78, 5) is 15.1. The zero-order valence-corrected chi connectivity index (χ0v) is 10.4. The van der Waals surface area contributed by atoms with Crippen LogP contribution in [0.15, 0.2) is 17.6 Å². The van der Waals surface area contributed by atoms with E-state index in [1.54, 1.807) is 22.2 Å². The van der Waals surface area contributed by atoms with Crippen LogP contribution in [0.25, 0.3) is 0 Å². The van der Waals surface area contributed by atoms with Gasteiger partial charge in [-0.05, 0) is 6.07 Å². The molecule has 0 radical (unpaired) electrons. The van der Waals surface area contributed by atoms with Gasteiger partial charge in [0.25, 0.3) is 0 Å². The Bertz CT molecular complexity index is 530. The van der Waals surface area contributed by atoms with Crippen molar-refractivity contribution in [3.63, 3.8) is 0 Å². The molecular formula is C11H13N3O2S. The van der Waals surface area contributed by atoms with Gasteiger partial charge in [0, 0.05) is 17.5 Å². The number of carboxylic acid groups (broad SMARTS) is 1. The minimum atomic E-state index is -1.01. The van der Waals surface area contributed by atoms with Crippen molar-refractivity contribution in [1.29, 1.82) is 0 Å². The lowest BCUT2D eigenvalue weighted by Crippen LogP contribution is -2.04. The van der Waals surface area contributed by atoms with Crippen LogP contribution in [0.3, 0.4) is 0 Å². The molecule has 0 saturated carbocycles. The van der Waals surface area contributed by atoms with E-state index < -0.39 is 5.97 Å². The highest BCUT2D eigenvalue weighted by molar-refractivity contribution is 7.09. The number of hydrogen-bond acceptors (Lipinski definition) is 4. The monoisotopic (exact) mass is 251 g/mol. The maximum absolute atomic E-state index is 10.7. The number of aromatic carboxylic acids is 1. The van der Waals surface area contributed by atoms with E-state index in [1.807, 2.05) is 5.38 Å². The Hall–Kier alpha value is -1.69. The van der Waals surface area contributed by atoms with Crippen molar-refractivity contribution < 1.29 is 9.90 Å². The summed E-state index contributed by atoms with van der Waals surface area (Å²) in [5, 5.41) is 15.8. The molecule has 0 aliphatic heterocycles. The molecular weight excluding hydrogens is 238 g/mol. The van der Waals surface area contributed by atoms with Crippen LogP contribution in [-0.4, -0.2) is 25.8 Å². The van der Waals surface area contributed by atoms with Crippen LogP contribution in [0, 0.1) is 0 Å². The first-order chi connectivity index (χ1) is 8.06. The zero-order chi connectivity index (χ0) is 12.4. The first-order valence-corrected chi connectivity index (χ1v) is 6.15. The summed E-state index contributed by atoms with van der Waals surface area (Å²) >= 11 is 1.62. The van der Waals surface area contributed by atoms with Crippen molar-refractivity contribution in [2.75, 3.05) is 0 Å². The highest BCUT2D eigenvalue weighted by Gasteiger charge is 2.09. The van der Waals surface area contributed by atoms with Crippen molar-refractivity contribution in [3.8, 4) is 0 Å². The summed E-state index contributed by atoms with van der Waals surface area (Å²) in [6, 6.07) is 1.48. The molecule has 0 aliphatic carbocycles. The minimum absolute atomic E-state index is 0.0595. The fourth-order valence-corrected chi connectivity index (χ4v) is 2.22. The van der Waals surface area contributed by atoms with E-state index in [2.05, 4.69) is 23.9 Å². The van der Waals surface area contributed by atoms with Crippen LogP contribution in [0.5, 0.6) is 0 Å². The molecule has 0 aliphatic rings. The van der Waals surface area contributed by atoms with Gasteiger partial charge in [-0.2, -0.15) is 5.10 Å². The van der Waals surface area contributed by atoms with Crippen molar-refractivity contribution in [2.24, 2.45) is 0 Å². The van der Waals surface area contributed by atoms with Crippen molar-refractivity contribution in [1.82, 2.24) is 14.8 Å². The van der Waals surface area contributed by atoms with Gasteiger partial charge in [0.2, 0.25) is 0 Å². The van der Waals surface area contributed by atoms with Crippen LogP contribution in [0.1, 0.15) is 41.0 Å². The highest BCUT2D eigenvalue weighted by atomic mass is 32.1. The molecule has 2 heterocycles. The van der Waals surface area contributed by atoms with Gasteiger partial charge in [-0.25, -0.2) is 9.78 Å². The normalized spacial score (nSPS) is 11.0. The maximum Gasteiger partial charge on any atom is 0.356 e. The van der Waals surface area contributed by atoms with E-state index in [9.17, 15) is 4.79 Å². The Kier molecular flexibility index (Phi) is 3.23. The Morgan fingerprint density at radius 1 is 1.59 bits per heavy atom. The average molecular weight is 251 g/mol. The first-order valence-electron chi connectivity index (χ1n) is 5.27. The van der Waals surface area contributed by atoms with Gasteiger partial charge in [0.05, 0.1) is 17.2 Å². The lowest BCUT2D eigenvalue weighted by atomic mass is 10.2. The quantitative estimate of drug-likeness (QED) is 0.904. The second-order valence-corrected chi connectivity index (χ2v) is 4.93. The summed E-state index contributed by atoms with van der Waals surface area (Å²) in [7, 11) is 0. The topological polar surface area (TPSA) is 68.0 Å². The van der Waals surface area contributed by atoms with Gasteiger partial charge in [-0.1, -0.05) is 13.8 Å². The van der Waals surface area contributed by atoms with E-state index >= 15 is 0 Å². The Labute approximate surface area is 103 Å². The van der Waals surface area contributed by atoms with Crippen LogP contribution in [-0.2, 0) is 6.54 Å². The van der Waals surface area contributed by atoms with E-state index in [0.717, 1.165) is 10.7 Å². The third-order valence-electron chi connectivity index (χ3n) is 2.25. The molecule has 0 aromatic carbocycles. The first kappa shape index (κ1) is 11.8. The molecule has 0 atom stereocenters.